The first-order valence-corrected chi connectivity index (χ1v) is 7.11. The first-order chi connectivity index (χ1) is 9.60. The van der Waals surface area contributed by atoms with Crippen molar-refractivity contribution in [1.29, 1.82) is 0 Å². The Bertz CT molecular complexity index is 575. The fraction of sp³-hybridized carbons (Fsp3) is 0.333. The Hall–Kier alpha value is -1.64. The molecule has 0 aromatic heterocycles. The van der Waals surface area contributed by atoms with E-state index in [1.165, 1.54) is 27.8 Å². The van der Waals surface area contributed by atoms with Gasteiger partial charge in [0.05, 0.1) is 0 Å². The monoisotopic (exact) mass is 268 g/mol. The van der Waals surface area contributed by atoms with Crippen molar-refractivity contribution in [3.63, 3.8) is 0 Å². The highest BCUT2D eigenvalue weighted by atomic mass is 15.1. The molecule has 0 unspecified atom stereocenters. The van der Waals surface area contributed by atoms with Crippen molar-refractivity contribution in [2.75, 3.05) is 7.05 Å². The number of nitrogens with zero attached hydrogens (tertiary/aromatic N) is 1. The van der Waals surface area contributed by atoms with Crippen LogP contribution in [-0.2, 0) is 19.6 Å². The molecule has 2 nitrogen and oxygen atoms in total. The maximum Gasteiger partial charge on any atom is 0.0236 e. The minimum absolute atomic E-state index is 0.611. The van der Waals surface area contributed by atoms with Gasteiger partial charge in [-0.3, -0.25) is 4.90 Å². The van der Waals surface area contributed by atoms with Gasteiger partial charge in [0.1, 0.15) is 0 Å². The first-order valence-electron chi connectivity index (χ1n) is 7.11. The number of benzene rings is 2. The van der Waals surface area contributed by atoms with Crippen LogP contribution in [0.5, 0.6) is 0 Å². The third kappa shape index (κ3) is 3.69. The number of hydrogen-bond donors (Lipinski definition) is 1. The van der Waals surface area contributed by atoms with Crippen LogP contribution in [0.25, 0.3) is 0 Å². The quantitative estimate of drug-likeness (QED) is 0.900. The van der Waals surface area contributed by atoms with Crippen LogP contribution in [0.3, 0.4) is 0 Å². The van der Waals surface area contributed by atoms with Crippen LogP contribution < -0.4 is 5.73 Å². The zero-order valence-corrected chi connectivity index (χ0v) is 12.7. The van der Waals surface area contributed by atoms with Crippen molar-refractivity contribution in [2.24, 2.45) is 5.73 Å². The van der Waals surface area contributed by atoms with E-state index >= 15 is 0 Å². The van der Waals surface area contributed by atoms with E-state index in [1.807, 2.05) is 0 Å². The van der Waals surface area contributed by atoms with Gasteiger partial charge in [-0.25, -0.2) is 0 Å². The summed E-state index contributed by atoms with van der Waals surface area (Å²) < 4.78 is 0. The van der Waals surface area contributed by atoms with Gasteiger partial charge < -0.3 is 5.73 Å². The predicted molar refractivity (Wildman–Crippen MR) is 85.4 cm³/mol. The molecular weight excluding hydrogens is 244 g/mol. The van der Waals surface area contributed by atoms with Crippen LogP contribution in [0.4, 0.5) is 0 Å². The van der Waals surface area contributed by atoms with Crippen molar-refractivity contribution in [3.05, 3.63) is 70.3 Å². The van der Waals surface area contributed by atoms with Gasteiger partial charge in [0, 0.05) is 19.6 Å². The Labute approximate surface area is 122 Å². The van der Waals surface area contributed by atoms with Gasteiger partial charge in [-0.15, -0.1) is 0 Å². The molecule has 0 aliphatic rings. The summed E-state index contributed by atoms with van der Waals surface area (Å²) >= 11 is 0. The molecule has 2 rings (SSSR count). The number of nitrogens with two attached hydrogens (primary N) is 1. The molecule has 0 heterocycles. The van der Waals surface area contributed by atoms with Crippen LogP contribution in [0, 0.1) is 13.8 Å². The highest BCUT2D eigenvalue weighted by Crippen LogP contribution is 2.15. The fourth-order valence-corrected chi connectivity index (χ4v) is 2.49. The second-order valence-corrected chi connectivity index (χ2v) is 5.56. The van der Waals surface area contributed by atoms with Crippen molar-refractivity contribution in [2.45, 2.75) is 33.5 Å². The van der Waals surface area contributed by atoms with E-state index in [1.54, 1.807) is 0 Å². The zero-order chi connectivity index (χ0) is 14.5. The molecule has 106 valence electrons. The normalized spacial score (nSPS) is 11.1. The third-order valence-corrected chi connectivity index (χ3v) is 3.78. The summed E-state index contributed by atoms with van der Waals surface area (Å²) in [7, 11) is 2.17. The van der Waals surface area contributed by atoms with Gasteiger partial charge in [-0.05, 0) is 48.7 Å². The maximum absolute atomic E-state index is 5.68. The molecule has 0 spiro atoms. The predicted octanol–water partition coefficient (Wildman–Crippen LogP) is 3.39. The summed E-state index contributed by atoms with van der Waals surface area (Å²) in [6, 6.07) is 15.1. The van der Waals surface area contributed by atoms with Crippen LogP contribution in [0.15, 0.2) is 42.5 Å². The van der Waals surface area contributed by atoms with E-state index in [9.17, 15) is 0 Å². The van der Waals surface area contributed by atoms with Crippen LogP contribution in [0.1, 0.15) is 27.8 Å². The summed E-state index contributed by atoms with van der Waals surface area (Å²) in [5.74, 6) is 0. The largest absolute Gasteiger partial charge is 0.326 e. The molecular formula is C18H24N2. The molecule has 0 aliphatic carbocycles. The van der Waals surface area contributed by atoms with Crippen molar-refractivity contribution >= 4 is 0 Å². The SMILES string of the molecule is Cc1ccccc1CN(C)Cc1ccc(CN)cc1C. The zero-order valence-electron chi connectivity index (χ0n) is 12.7. The van der Waals surface area contributed by atoms with E-state index in [4.69, 9.17) is 5.73 Å². The summed E-state index contributed by atoms with van der Waals surface area (Å²) in [5, 5.41) is 0. The topological polar surface area (TPSA) is 29.3 Å². The molecule has 0 saturated carbocycles. The molecule has 2 aromatic carbocycles. The first kappa shape index (κ1) is 14.8. The molecule has 2 aromatic rings. The second-order valence-electron chi connectivity index (χ2n) is 5.56. The van der Waals surface area contributed by atoms with E-state index < -0.39 is 0 Å². The Kier molecular flexibility index (Phi) is 4.94. The molecule has 0 saturated heterocycles. The van der Waals surface area contributed by atoms with E-state index in [2.05, 4.69) is 68.3 Å². The smallest absolute Gasteiger partial charge is 0.0236 e. The molecule has 20 heavy (non-hydrogen) atoms. The van der Waals surface area contributed by atoms with Crippen molar-refractivity contribution in [3.8, 4) is 0 Å². The van der Waals surface area contributed by atoms with Gasteiger partial charge in [-0.1, -0.05) is 42.5 Å². The van der Waals surface area contributed by atoms with Crippen LogP contribution in [0.2, 0.25) is 0 Å². The minimum atomic E-state index is 0.611. The maximum atomic E-state index is 5.68. The van der Waals surface area contributed by atoms with Crippen LogP contribution >= 0.6 is 0 Å². The fourth-order valence-electron chi connectivity index (χ4n) is 2.49. The second kappa shape index (κ2) is 6.69. The molecule has 0 fully saturated rings. The Morgan fingerprint density at radius 2 is 1.55 bits per heavy atom. The lowest BCUT2D eigenvalue weighted by molar-refractivity contribution is 0.318. The molecule has 0 radical (unpaired) electrons. The average molecular weight is 268 g/mol. The molecule has 2 N–H and O–H groups in total. The van der Waals surface area contributed by atoms with E-state index in [0.717, 1.165) is 13.1 Å². The average Bonchev–Trinajstić information content (AvgIpc) is 2.43. The Morgan fingerprint density at radius 1 is 0.900 bits per heavy atom. The highest BCUT2D eigenvalue weighted by molar-refractivity contribution is 5.31. The summed E-state index contributed by atoms with van der Waals surface area (Å²) in [6.45, 7) is 6.89. The highest BCUT2D eigenvalue weighted by Gasteiger charge is 2.06. The van der Waals surface area contributed by atoms with Crippen LogP contribution in [-0.4, -0.2) is 11.9 Å². The molecule has 0 amide bonds. The van der Waals surface area contributed by atoms with Gasteiger partial charge in [0.25, 0.3) is 0 Å². The molecule has 2 heteroatoms. The minimum Gasteiger partial charge on any atom is -0.326 e. The van der Waals surface area contributed by atoms with Crippen molar-refractivity contribution in [1.82, 2.24) is 4.90 Å². The summed E-state index contributed by atoms with van der Waals surface area (Å²) in [5.41, 5.74) is 12.3. The summed E-state index contributed by atoms with van der Waals surface area (Å²) in [4.78, 5) is 2.35. The van der Waals surface area contributed by atoms with Crippen molar-refractivity contribution < 1.29 is 0 Å². The lowest BCUT2D eigenvalue weighted by Gasteiger charge is -2.19. The third-order valence-electron chi connectivity index (χ3n) is 3.78. The number of rotatable bonds is 5. The van der Waals surface area contributed by atoms with E-state index in [0.29, 0.717) is 6.54 Å². The van der Waals surface area contributed by atoms with Gasteiger partial charge in [0.2, 0.25) is 0 Å². The molecule has 0 atom stereocenters. The molecule has 0 bridgehead atoms. The number of hydrogen-bond acceptors (Lipinski definition) is 2. The Balaban J connectivity index is 2.05. The molecule has 0 aliphatic heterocycles. The summed E-state index contributed by atoms with van der Waals surface area (Å²) in [6.07, 6.45) is 0. The Morgan fingerprint density at radius 3 is 2.15 bits per heavy atom. The lowest BCUT2D eigenvalue weighted by atomic mass is 10.0. The number of aryl methyl sites for hydroxylation is 2. The van der Waals surface area contributed by atoms with Gasteiger partial charge in [0.15, 0.2) is 0 Å². The van der Waals surface area contributed by atoms with Gasteiger partial charge >= 0.3 is 0 Å². The lowest BCUT2D eigenvalue weighted by Crippen LogP contribution is -2.18. The standard InChI is InChI=1S/C18H24N2/c1-14-6-4-5-7-17(14)12-20(3)13-18-9-8-16(11-19)10-15(18)2/h4-10H,11-13,19H2,1-3H3. The van der Waals surface area contributed by atoms with Gasteiger partial charge in [-0.2, -0.15) is 0 Å². The van der Waals surface area contributed by atoms with E-state index in [-0.39, 0.29) is 0 Å².